The van der Waals surface area contributed by atoms with E-state index in [2.05, 4.69) is 0 Å². The molecule has 5 heteroatoms. The summed E-state index contributed by atoms with van der Waals surface area (Å²) >= 11 is 0. The summed E-state index contributed by atoms with van der Waals surface area (Å²) in [5.74, 6) is 0.0206. The summed E-state index contributed by atoms with van der Waals surface area (Å²) in [5, 5.41) is 0. The lowest BCUT2D eigenvalue weighted by Gasteiger charge is -2.31. The largest absolute Gasteiger partial charge is 0.497 e. The molecule has 0 unspecified atom stereocenters. The van der Waals surface area contributed by atoms with Crippen molar-refractivity contribution in [2.45, 2.75) is 38.1 Å². The average Bonchev–Trinajstić information content (AvgIpc) is 2.81. The summed E-state index contributed by atoms with van der Waals surface area (Å²) in [4.78, 5) is 27.2. The predicted octanol–water partition coefficient (Wildman–Crippen LogP) is 4.57. The molecular formula is C25H29NO4. The molecule has 0 bridgehead atoms. The first-order valence-electron chi connectivity index (χ1n) is 10.4. The maximum Gasteiger partial charge on any atom is 0.339 e. The molecule has 1 amide bonds. The summed E-state index contributed by atoms with van der Waals surface area (Å²) in [6.07, 6.45) is 7.30. The van der Waals surface area contributed by atoms with Crippen LogP contribution in [0, 0.1) is 0 Å². The highest BCUT2D eigenvalue weighted by Gasteiger charge is 2.23. The van der Waals surface area contributed by atoms with Gasteiger partial charge >= 0.3 is 5.97 Å². The SMILES string of the molecule is COc1cccc(/C=C(/C(=O)OCC(=O)N(C)C2CCCCC2)c2ccccc2)c1. The van der Waals surface area contributed by atoms with Crippen molar-refractivity contribution in [1.29, 1.82) is 0 Å². The number of likely N-dealkylation sites (N-methyl/N-ethyl adjacent to an activating group) is 1. The van der Waals surface area contributed by atoms with E-state index in [-0.39, 0.29) is 18.6 Å². The van der Waals surface area contributed by atoms with Crippen molar-refractivity contribution < 1.29 is 19.1 Å². The average molecular weight is 408 g/mol. The van der Waals surface area contributed by atoms with Gasteiger partial charge in [0.15, 0.2) is 6.61 Å². The number of amides is 1. The molecule has 0 N–H and O–H groups in total. The van der Waals surface area contributed by atoms with Crippen LogP contribution in [0.15, 0.2) is 54.6 Å². The minimum absolute atomic E-state index is 0.163. The number of methoxy groups -OCH3 is 1. The third-order valence-electron chi connectivity index (χ3n) is 5.55. The van der Waals surface area contributed by atoms with Crippen LogP contribution in [0.3, 0.4) is 0 Å². The number of carbonyl (C=O) groups excluding carboxylic acids is 2. The Morgan fingerprint density at radius 1 is 1.03 bits per heavy atom. The maximum absolute atomic E-state index is 12.9. The number of rotatable bonds is 7. The van der Waals surface area contributed by atoms with E-state index in [1.165, 1.54) is 6.42 Å². The van der Waals surface area contributed by atoms with E-state index in [9.17, 15) is 9.59 Å². The van der Waals surface area contributed by atoms with Crippen LogP contribution in [0.5, 0.6) is 5.75 Å². The molecule has 0 heterocycles. The number of hydrogen-bond acceptors (Lipinski definition) is 4. The monoisotopic (exact) mass is 407 g/mol. The van der Waals surface area contributed by atoms with E-state index in [1.807, 2.05) is 54.6 Å². The van der Waals surface area contributed by atoms with Crippen LogP contribution < -0.4 is 4.74 Å². The predicted molar refractivity (Wildman–Crippen MR) is 118 cm³/mol. The zero-order valence-electron chi connectivity index (χ0n) is 17.7. The molecule has 158 valence electrons. The van der Waals surface area contributed by atoms with Gasteiger partial charge < -0.3 is 14.4 Å². The molecule has 2 aromatic carbocycles. The maximum atomic E-state index is 12.9. The van der Waals surface area contributed by atoms with Crippen LogP contribution in [0.2, 0.25) is 0 Å². The Morgan fingerprint density at radius 3 is 2.47 bits per heavy atom. The molecule has 1 aliphatic carbocycles. The van der Waals surface area contributed by atoms with Crippen molar-refractivity contribution in [2.75, 3.05) is 20.8 Å². The Kier molecular flexibility index (Phi) is 7.66. The second kappa shape index (κ2) is 10.6. The van der Waals surface area contributed by atoms with Crippen molar-refractivity contribution in [2.24, 2.45) is 0 Å². The van der Waals surface area contributed by atoms with Crippen LogP contribution in [0.25, 0.3) is 11.6 Å². The van der Waals surface area contributed by atoms with Gasteiger partial charge in [-0.3, -0.25) is 4.79 Å². The summed E-state index contributed by atoms with van der Waals surface area (Å²) in [7, 11) is 3.40. The van der Waals surface area contributed by atoms with Crippen LogP contribution in [0.1, 0.15) is 43.2 Å². The van der Waals surface area contributed by atoms with E-state index in [1.54, 1.807) is 25.1 Å². The van der Waals surface area contributed by atoms with Gasteiger partial charge in [0.05, 0.1) is 12.7 Å². The van der Waals surface area contributed by atoms with Crippen LogP contribution in [-0.4, -0.2) is 43.6 Å². The highest BCUT2D eigenvalue weighted by Crippen LogP contribution is 2.23. The Morgan fingerprint density at radius 2 is 1.77 bits per heavy atom. The Bertz CT molecular complexity index is 885. The lowest BCUT2D eigenvalue weighted by Crippen LogP contribution is -2.40. The van der Waals surface area contributed by atoms with Gasteiger partial charge in [0.1, 0.15) is 5.75 Å². The van der Waals surface area contributed by atoms with E-state index in [4.69, 9.17) is 9.47 Å². The van der Waals surface area contributed by atoms with Gasteiger partial charge in [-0.05, 0) is 42.2 Å². The van der Waals surface area contributed by atoms with Crippen molar-refractivity contribution in [3.8, 4) is 5.75 Å². The van der Waals surface area contributed by atoms with Crippen molar-refractivity contribution in [1.82, 2.24) is 4.90 Å². The van der Waals surface area contributed by atoms with E-state index in [0.717, 1.165) is 36.8 Å². The van der Waals surface area contributed by atoms with Gasteiger partial charge in [-0.1, -0.05) is 61.7 Å². The summed E-state index contributed by atoms with van der Waals surface area (Å²) in [6, 6.07) is 17.0. The summed E-state index contributed by atoms with van der Waals surface area (Å²) in [6.45, 7) is -0.256. The van der Waals surface area contributed by atoms with E-state index < -0.39 is 5.97 Å². The smallest absolute Gasteiger partial charge is 0.339 e. The fourth-order valence-electron chi connectivity index (χ4n) is 3.75. The van der Waals surface area contributed by atoms with Gasteiger partial charge in [-0.2, -0.15) is 0 Å². The molecule has 1 saturated carbocycles. The first kappa shape index (κ1) is 21.6. The number of esters is 1. The quantitative estimate of drug-likeness (QED) is 0.383. The molecular weight excluding hydrogens is 378 g/mol. The fourth-order valence-corrected chi connectivity index (χ4v) is 3.75. The third-order valence-corrected chi connectivity index (χ3v) is 5.55. The molecule has 5 nitrogen and oxygen atoms in total. The van der Waals surface area contributed by atoms with Crippen LogP contribution in [-0.2, 0) is 14.3 Å². The highest BCUT2D eigenvalue weighted by atomic mass is 16.5. The molecule has 3 rings (SSSR count). The fraction of sp³-hybridized carbons (Fsp3) is 0.360. The number of hydrogen-bond donors (Lipinski definition) is 0. The molecule has 30 heavy (non-hydrogen) atoms. The minimum atomic E-state index is -0.519. The van der Waals surface area contributed by atoms with Crippen molar-refractivity contribution >= 4 is 23.5 Å². The van der Waals surface area contributed by atoms with E-state index in [0.29, 0.717) is 11.3 Å². The molecule has 0 saturated heterocycles. The van der Waals surface area contributed by atoms with Crippen LogP contribution in [0.4, 0.5) is 0 Å². The zero-order valence-corrected chi connectivity index (χ0v) is 17.7. The molecule has 0 aromatic heterocycles. The van der Waals surface area contributed by atoms with Crippen molar-refractivity contribution in [3.63, 3.8) is 0 Å². The topological polar surface area (TPSA) is 55.8 Å². The molecule has 2 aromatic rings. The van der Waals surface area contributed by atoms with E-state index >= 15 is 0 Å². The highest BCUT2D eigenvalue weighted by molar-refractivity contribution is 6.21. The summed E-state index contributed by atoms with van der Waals surface area (Å²) in [5.41, 5.74) is 1.95. The molecule has 0 spiro atoms. The molecule has 0 radical (unpaired) electrons. The minimum Gasteiger partial charge on any atom is -0.497 e. The standard InChI is InChI=1S/C25H29NO4/c1-26(21-13-7-4-8-14-21)24(27)18-30-25(28)23(20-11-5-3-6-12-20)17-19-10-9-15-22(16-19)29-2/h3,5-6,9-12,15-17,21H,4,7-8,13-14,18H2,1-2H3/b23-17+. The second-order valence-corrected chi connectivity index (χ2v) is 7.57. The second-order valence-electron chi connectivity index (χ2n) is 7.57. The first-order chi connectivity index (χ1) is 14.6. The number of carbonyl (C=O) groups is 2. The lowest BCUT2D eigenvalue weighted by molar-refractivity contribution is -0.148. The lowest BCUT2D eigenvalue weighted by atomic mass is 9.94. The van der Waals surface area contributed by atoms with Crippen LogP contribution >= 0.6 is 0 Å². The Balaban J connectivity index is 1.74. The van der Waals surface area contributed by atoms with Gasteiger partial charge in [0, 0.05) is 13.1 Å². The van der Waals surface area contributed by atoms with Crippen molar-refractivity contribution in [3.05, 3.63) is 65.7 Å². The van der Waals surface area contributed by atoms with Gasteiger partial charge in [-0.15, -0.1) is 0 Å². The number of ether oxygens (including phenoxy) is 2. The Labute approximate surface area is 178 Å². The van der Waals surface area contributed by atoms with Gasteiger partial charge in [-0.25, -0.2) is 4.79 Å². The molecule has 1 aliphatic rings. The molecule has 1 fully saturated rings. The summed E-state index contributed by atoms with van der Waals surface area (Å²) < 4.78 is 10.7. The number of nitrogens with zero attached hydrogens (tertiary/aromatic N) is 1. The van der Waals surface area contributed by atoms with Gasteiger partial charge in [0.25, 0.3) is 5.91 Å². The third kappa shape index (κ3) is 5.72. The normalized spacial score (nSPS) is 14.8. The molecule has 0 atom stereocenters. The number of benzene rings is 2. The first-order valence-corrected chi connectivity index (χ1v) is 10.4. The van der Waals surface area contributed by atoms with Gasteiger partial charge in [0.2, 0.25) is 0 Å². The molecule has 0 aliphatic heterocycles. The zero-order chi connectivity index (χ0) is 21.3. The Hall–Kier alpha value is -3.08.